The smallest absolute Gasteiger partial charge is 0.197 e. The molecule has 0 radical (unpaired) electrons. The first-order chi connectivity index (χ1) is 9.49. The number of terminal acetylenes is 1. The molecule has 1 unspecified atom stereocenters. The predicted octanol–water partition coefficient (Wildman–Crippen LogP) is 4.60. The number of alkyl halides is 3. The fraction of sp³-hybridized carbons (Fsp3) is 0.769. The van der Waals surface area contributed by atoms with Gasteiger partial charge >= 0.3 is 6.18 Å². The van der Waals surface area contributed by atoms with Gasteiger partial charge in [-0.2, -0.15) is 18.4 Å². The normalized spacial score (nSPS) is 11.7. The Kier molecular flexibility index (Phi) is 15.0. The number of hydrogen-bond donors (Lipinski definition) is 0. The molecule has 0 saturated heterocycles. The first-order valence-corrected chi connectivity index (χ1v) is 7.22. The van der Waals surface area contributed by atoms with E-state index in [0.29, 0.717) is 6.42 Å². The van der Waals surface area contributed by atoms with Crippen LogP contribution in [0.1, 0.15) is 44.9 Å². The van der Waals surface area contributed by atoms with Crippen LogP contribution in [0.2, 0.25) is 0 Å². The third-order valence-electron chi connectivity index (χ3n) is 2.39. The molecule has 0 spiro atoms. The van der Waals surface area contributed by atoms with Crippen LogP contribution in [-0.4, -0.2) is 17.2 Å². The van der Waals surface area contributed by atoms with Crippen LogP contribution in [0.5, 0.6) is 0 Å². The molecule has 0 heterocycles. The Labute approximate surface area is 121 Å². The number of hydrogen-bond acceptors (Lipinski definition) is 4. The molecule has 0 aromatic rings. The van der Waals surface area contributed by atoms with E-state index in [1.807, 2.05) is 0 Å². The molecule has 0 saturated carbocycles. The second-order valence-corrected chi connectivity index (χ2v) is 5.32. The minimum atomic E-state index is -4.12. The van der Waals surface area contributed by atoms with Gasteiger partial charge in [0, 0.05) is 22.1 Å². The molecule has 7 heteroatoms. The van der Waals surface area contributed by atoms with Crippen molar-refractivity contribution in [1.82, 2.24) is 0 Å². The molecule has 0 aliphatic heterocycles. The summed E-state index contributed by atoms with van der Waals surface area (Å²) in [5.74, 6) is 2.53. The van der Waals surface area contributed by atoms with E-state index in [2.05, 4.69) is 12.0 Å². The van der Waals surface area contributed by atoms with Gasteiger partial charge in [0.15, 0.2) is 0 Å². The van der Waals surface area contributed by atoms with E-state index in [0.717, 1.165) is 43.9 Å². The van der Waals surface area contributed by atoms with Gasteiger partial charge in [-0.3, -0.25) is 0 Å². The highest BCUT2D eigenvalue weighted by molar-refractivity contribution is 8.00. The van der Waals surface area contributed by atoms with E-state index in [9.17, 15) is 13.2 Å². The molecule has 0 amide bonds. The van der Waals surface area contributed by atoms with Crippen molar-refractivity contribution in [2.45, 2.75) is 56.4 Å². The zero-order chi connectivity index (χ0) is 15.9. The minimum Gasteiger partial charge on any atom is -0.197 e. The summed E-state index contributed by atoms with van der Waals surface area (Å²) in [6.45, 7) is 0. The van der Waals surface area contributed by atoms with Crippen LogP contribution in [0.25, 0.3) is 0 Å². The lowest BCUT2D eigenvalue weighted by atomic mass is 10.1. The molecular formula is C13H18F3NO2S. The van der Waals surface area contributed by atoms with Crippen LogP contribution in [-0.2, 0) is 0 Å². The number of rotatable bonds is 9. The van der Waals surface area contributed by atoms with Crippen molar-refractivity contribution in [1.29, 1.82) is 5.26 Å². The molecule has 0 N–H and O–H groups in total. The lowest BCUT2D eigenvalue weighted by molar-refractivity contribution is -0.129. The number of thioether (sulfide) groups is 1. The topological polar surface area (TPSA) is 57.9 Å². The van der Waals surface area contributed by atoms with Crippen molar-refractivity contribution in [2.24, 2.45) is 0 Å². The van der Waals surface area contributed by atoms with Crippen molar-refractivity contribution < 1.29 is 13.2 Å². The van der Waals surface area contributed by atoms with Gasteiger partial charge in [-0.05, 0) is 12.8 Å². The molecule has 0 aliphatic carbocycles. The Hall–Kier alpha value is -1.21. The second-order valence-electron chi connectivity index (χ2n) is 4.01. The van der Waals surface area contributed by atoms with Crippen LogP contribution in [0.3, 0.4) is 0 Å². The maximum atomic E-state index is 11.9. The third kappa shape index (κ3) is 16.8. The van der Waals surface area contributed by atoms with Crippen LogP contribution < -0.4 is 0 Å². The number of unbranched alkanes of at least 4 members (excludes halogenated alkanes) is 4. The summed E-state index contributed by atoms with van der Waals surface area (Å²) in [5, 5.41) is 8.50. The summed E-state index contributed by atoms with van der Waals surface area (Å²) in [4.78, 5) is 14.0. The van der Waals surface area contributed by atoms with Gasteiger partial charge in [-0.1, -0.05) is 19.3 Å². The summed E-state index contributed by atoms with van der Waals surface area (Å²) in [6.07, 6.45) is 5.47. The van der Waals surface area contributed by atoms with Gasteiger partial charge in [-0.15, -0.1) is 24.1 Å². The van der Waals surface area contributed by atoms with E-state index in [-0.39, 0.29) is 11.0 Å². The quantitative estimate of drug-likeness (QED) is 0.461. The average Bonchev–Trinajstić information content (AvgIpc) is 2.41. The van der Waals surface area contributed by atoms with Crippen LogP contribution in [0, 0.1) is 33.6 Å². The molecule has 0 fully saturated rings. The highest BCUT2D eigenvalue weighted by Crippen LogP contribution is 2.25. The predicted molar refractivity (Wildman–Crippen MR) is 75.8 cm³/mol. The van der Waals surface area contributed by atoms with E-state index < -0.39 is 12.6 Å². The first kappa shape index (κ1) is 21.1. The Morgan fingerprint density at radius 1 is 1.15 bits per heavy atom. The summed E-state index contributed by atoms with van der Waals surface area (Å²) in [7, 11) is 0. The summed E-state index contributed by atoms with van der Waals surface area (Å²) in [6, 6.07) is 2.05. The van der Waals surface area contributed by atoms with E-state index in [1.165, 1.54) is 0 Å². The maximum absolute atomic E-state index is 11.9. The van der Waals surface area contributed by atoms with Gasteiger partial charge in [-0.25, -0.2) is 0 Å². The zero-order valence-electron chi connectivity index (χ0n) is 11.1. The van der Waals surface area contributed by atoms with E-state index >= 15 is 0 Å². The van der Waals surface area contributed by atoms with Crippen molar-refractivity contribution in [2.75, 3.05) is 5.75 Å². The van der Waals surface area contributed by atoms with Crippen molar-refractivity contribution in [3.8, 4) is 18.4 Å². The number of nitriles is 1. The van der Waals surface area contributed by atoms with Gasteiger partial charge < -0.3 is 0 Å². The summed E-state index contributed by atoms with van der Waals surface area (Å²) < 4.78 is 35.8. The van der Waals surface area contributed by atoms with Crippen LogP contribution in [0.15, 0.2) is 0 Å². The standard InChI is InChI=1S/C13H18F3NS.O2/c1-2-3-4-5-6-7-8-12(11-17)18-10-9-13(14,15)16;1-2/h1,12H,3-10H2;. The lowest BCUT2D eigenvalue weighted by Gasteiger charge is -2.10. The van der Waals surface area contributed by atoms with Crippen LogP contribution in [0.4, 0.5) is 13.2 Å². The van der Waals surface area contributed by atoms with Crippen molar-refractivity contribution >= 4 is 11.8 Å². The largest absolute Gasteiger partial charge is 0.389 e. The van der Waals surface area contributed by atoms with Gasteiger partial charge in [0.2, 0.25) is 0 Å². The molecule has 0 bridgehead atoms. The SMILES string of the molecule is C#CCCCCCCC(C#N)SCCC(F)(F)F.O=O. The first-order valence-electron chi connectivity index (χ1n) is 6.17. The molecule has 1 atom stereocenters. The van der Waals surface area contributed by atoms with Crippen molar-refractivity contribution in [3.63, 3.8) is 0 Å². The maximum Gasteiger partial charge on any atom is 0.389 e. The highest BCUT2D eigenvalue weighted by Gasteiger charge is 2.26. The monoisotopic (exact) mass is 309 g/mol. The van der Waals surface area contributed by atoms with E-state index in [4.69, 9.17) is 21.6 Å². The van der Waals surface area contributed by atoms with Crippen molar-refractivity contribution in [3.05, 3.63) is 9.93 Å². The Balaban J connectivity index is 0. The molecule has 0 rings (SSSR count). The third-order valence-corrected chi connectivity index (χ3v) is 3.57. The summed E-state index contributed by atoms with van der Waals surface area (Å²) >= 11 is 1.10. The molecular weight excluding hydrogens is 291 g/mol. The highest BCUT2D eigenvalue weighted by atomic mass is 32.2. The second kappa shape index (κ2) is 14.2. The fourth-order valence-corrected chi connectivity index (χ4v) is 2.45. The number of nitrogens with zero attached hydrogens (tertiary/aromatic N) is 1. The average molecular weight is 309 g/mol. The fourth-order valence-electron chi connectivity index (χ4n) is 1.41. The Morgan fingerprint density at radius 3 is 2.25 bits per heavy atom. The van der Waals surface area contributed by atoms with E-state index in [1.54, 1.807) is 0 Å². The molecule has 3 nitrogen and oxygen atoms in total. The lowest BCUT2D eigenvalue weighted by Crippen LogP contribution is -2.10. The molecule has 0 aromatic heterocycles. The van der Waals surface area contributed by atoms with Crippen LogP contribution >= 0.6 is 11.8 Å². The Bertz CT molecular complexity index is 310. The minimum absolute atomic E-state index is 0.0289. The Morgan fingerprint density at radius 2 is 1.75 bits per heavy atom. The molecule has 114 valence electrons. The molecule has 0 aromatic carbocycles. The molecule has 0 aliphatic rings. The van der Waals surface area contributed by atoms with Gasteiger partial charge in [0.1, 0.15) is 0 Å². The number of halogens is 3. The zero-order valence-corrected chi connectivity index (χ0v) is 11.9. The summed E-state index contributed by atoms with van der Waals surface area (Å²) in [5.41, 5.74) is 0. The van der Waals surface area contributed by atoms with Gasteiger partial charge in [0.05, 0.1) is 17.7 Å². The molecule has 20 heavy (non-hydrogen) atoms. The van der Waals surface area contributed by atoms with Gasteiger partial charge in [0.25, 0.3) is 0 Å².